The Labute approximate surface area is 100 Å². The van der Waals surface area contributed by atoms with Gasteiger partial charge in [0, 0.05) is 6.08 Å². The SMILES string of the molecule is C[C@@H]1OC=C/C(=N\OCc2ccccc2)[C@@H]1O. The standard InChI is InChI=1S/C13H15NO3/c1-10-13(15)12(7-8-16-10)14-17-9-11-5-3-2-4-6-11/h2-8,10,13,15H,9H2,1H3/b14-12+/t10-,13+/m0/s1. The summed E-state index contributed by atoms with van der Waals surface area (Å²) >= 11 is 0. The largest absolute Gasteiger partial charge is 0.495 e. The van der Waals surface area contributed by atoms with Gasteiger partial charge in [-0.2, -0.15) is 0 Å². The molecule has 1 aliphatic heterocycles. The van der Waals surface area contributed by atoms with Crippen LogP contribution in [0.4, 0.5) is 0 Å². The molecule has 0 aliphatic carbocycles. The number of benzene rings is 1. The van der Waals surface area contributed by atoms with E-state index in [4.69, 9.17) is 9.57 Å². The summed E-state index contributed by atoms with van der Waals surface area (Å²) in [6.45, 7) is 2.17. The van der Waals surface area contributed by atoms with E-state index >= 15 is 0 Å². The Kier molecular flexibility index (Phi) is 3.77. The maximum Gasteiger partial charge on any atom is 0.142 e. The van der Waals surface area contributed by atoms with E-state index in [2.05, 4.69) is 5.16 Å². The van der Waals surface area contributed by atoms with Crippen LogP contribution in [0.1, 0.15) is 12.5 Å². The highest BCUT2D eigenvalue weighted by molar-refractivity contribution is 5.98. The molecule has 0 radical (unpaired) electrons. The third-order valence-corrected chi connectivity index (χ3v) is 2.52. The summed E-state index contributed by atoms with van der Waals surface area (Å²) in [6, 6.07) is 9.74. The highest BCUT2D eigenvalue weighted by Crippen LogP contribution is 2.10. The van der Waals surface area contributed by atoms with Gasteiger partial charge in [-0.25, -0.2) is 0 Å². The Morgan fingerprint density at radius 3 is 2.88 bits per heavy atom. The quantitative estimate of drug-likeness (QED) is 0.811. The molecule has 0 spiro atoms. The molecule has 1 heterocycles. The molecular weight excluding hydrogens is 218 g/mol. The summed E-state index contributed by atoms with van der Waals surface area (Å²) in [5, 5.41) is 13.7. The van der Waals surface area contributed by atoms with Crippen molar-refractivity contribution in [3.8, 4) is 0 Å². The minimum absolute atomic E-state index is 0.293. The van der Waals surface area contributed by atoms with Crippen LogP contribution in [-0.4, -0.2) is 23.0 Å². The Hall–Kier alpha value is -1.81. The minimum atomic E-state index is -0.740. The van der Waals surface area contributed by atoms with Crippen LogP contribution >= 0.6 is 0 Å². The average Bonchev–Trinajstić information content (AvgIpc) is 2.36. The van der Waals surface area contributed by atoms with Crippen LogP contribution in [0, 0.1) is 0 Å². The van der Waals surface area contributed by atoms with E-state index in [1.54, 1.807) is 13.0 Å². The summed E-state index contributed by atoms with van der Waals surface area (Å²) in [4.78, 5) is 5.20. The lowest BCUT2D eigenvalue weighted by Gasteiger charge is -2.21. The molecule has 1 aromatic carbocycles. The topological polar surface area (TPSA) is 51.0 Å². The second-order valence-corrected chi connectivity index (χ2v) is 3.86. The van der Waals surface area contributed by atoms with Crippen LogP contribution in [0.2, 0.25) is 0 Å². The van der Waals surface area contributed by atoms with Crippen LogP contribution in [0.15, 0.2) is 47.8 Å². The normalized spacial score (nSPS) is 25.6. The van der Waals surface area contributed by atoms with Crippen molar-refractivity contribution in [2.75, 3.05) is 0 Å². The molecule has 0 saturated carbocycles. The second kappa shape index (κ2) is 5.50. The molecule has 4 nitrogen and oxygen atoms in total. The fourth-order valence-electron chi connectivity index (χ4n) is 1.49. The zero-order valence-electron chi connectivity index (χ0n) is 9.61. The maximum atomic E-state index is 9.75. The molecule has 0 unspecified atom stereocenters. The van der Waals surface area contributed by atoms with Crippen molar-refractivity contribution < 1.29 is 14.7 Å². The van der Waals surface area contributed by atoms with Crippen LogP contribution in [0.5, 0.6) is 0 Å². The molecule has 2 atom stereocenters. The molecule has 2 rings (SSSR count). The molecule has 1 N–H and O–H groups in total. The molecular formula is C13H15NO3. The van der Waals surface area contributed by atoms with Crippen molar-refractivity contribution in [3.05, 3.63) is 48.2 Å². The molecule has 0 aromatic heterocycles. The third kappa shape index (κ3) is 3.07. The first-order chi connectivity index (χ1) is 8.27. The van der Waals surface area contributed by atoms with Gasteiger partial charge in [0.25, 0.3) is 0 Å². The summed E-state index contributed by atoms with van der Waals surface area (Å²) in [5.74, 6) is 0. The van der Waals surface area contributed by atoms with E-state index < -0.39 is 6.10 Å². The van der Waals surface area contributed by atoms with Crippen molar-refractivity contribution in [2.24, 2.45) is 5.16 Å². The van der Waals surface area contributed by atoms with Crippen LogP contribution < -0.4 is 0 Å². The fraction of sp³-hybridized carbons (Fsp3) is 0.308. The summed E-state index contributed by atoms with van der Waals surface area (Å²) in [7, 11) is 0. The minimum Gasteiger partial charge on any atom is -0.495 e. The van der Waals surface area contributed by atoms with E-state index in [1.165, 1.54) is 6.26 Å². The number of ether oxygens (including phenoxy) is 1. The van der Waals surface area contributed by atoms with Crippen molar-refractivity contribution in [1.29, 1.82) is 0 Å². The zero-order chi connectivity index (χ0) is 12.1. The van der Waals surface area contributed by atoms with Crippen molar-refractivity contribution in [2.45, 2.75) is 25.7 Å². The van der Waals surface area contributed by atoms with Gasteiger partial charge >= 0.3 is 0 Å². The van der Waals surface area contributed by atoms with Crippen LogP contribution in [0.25, 0.3) is 0 Å². The second-order valence-electron chi connectivity index (χ2n) is 3.86. The zero-order valence-corrected chi connectivity index (χ0v) is 9.61. The van der Waals surface area contributed by atoms with Gasteiger partial charge in [0.15, 0.2) is 0 Å². The number of aliphatic hydroxyl groups excluding tert-OH is 1. The summed E-state index contributed by atoms with van der Waals surface area (Å²) < 4.78 is 5.12. The predicted octanol–water partition coefficient (Wildman–Crippen LogP) is 1.85. The number of nitrogens with zero attached hydrogens (tertiary/aromatic N) is 1. The first-order valence-electron chi connectivity index (χ1n) is 5.51. The van der Waals surface area contributed by atoms with Gasteiger partial charge in [-0.15, -0.1) is 0 Å². The Balaban J connectivity index is 1.92. The first-order valence-corrected chi connectivity index (χ1v) is 5.51. The van der Waals surface area contributed by atoms with Gasteiger partial charge < -0.3 is 14.7 Å². The van der Waals surface area contributed by atoms with Gasteiger partial charge in [-0.1, -0.05) is 35.5 Å². The molecule has 4 heteroatoms. The Morgan fingerprint density at radius 2 is 2.12 bits per heavy atom. The Morgan fingerprint density at radius 1 is 1.35 bits per heavy atom. The van der Waals surface area contributed by atoms with Crippen LogP contribution in [0.3, 0.4) is 0 Å². The van der Waals surface area contributed by atoms with Gasteiger partial charge in [0.2, 0.25) is 0 Å². The Bertz CT molecular complexity index is 414. The molecule has 0 bridgehead atoms. The van der Waals surface area contributed by atoms with E-state index in [0.717, 1.165) is 5.56 Å². The van der Waals surface area contributed by atoms with Crippen molar-refractivity contribution >= 4 is 5.71 Å². The smallest absolute Gasteiger partial charge is 0.142 e. The highest BCUT2D eigenvalue weighted by atomic mass is 16.6. The number of rotatable bonds is 3. The van der Waals surface area contributed by atoms with E-state index in [1.807, 2.05) is 30.3 Å². The number of hydrogen-bond acceptors (Lipinski definition) is 4. The van der Waals surface area contributed by atoms with Crippen molar-refractivity contribution in [1.82, 2.24) is 0 Å². The molecule has 0 fully saturated rings. The third-order valence-electron chi connectivity index (χ3n) is 2.52. The first kappa shape index (κ1) is 11.7. The number of oxime groups is 1. The fourth-order valence-corrected chi connectivity index (χ4v) is 1.49. The lowest BCUT2D eigenvalue weighted by Crippen LogP contribution is -2.34. The van der Waals surface area contributed by atoms with Gasteiger partial charge in [0.1, 0.15) is 24.5 Å². The maximum absolute atomic E-state index is 9.75. The summed E-state index contributed by atoms with van der Waals surface area (Å²) in [5.41, 5.74) is 1.52. The molecule has 17 heavy (non-hydrogen) atoms. The predicted molar refractivity (Wildman–Crippen MR) is 64.4 cm³/mol. The van der Waals surface area contributed by atoms with E-state index in [0.29, 0.717) is 12.3 Å². The molecule has 90 valence electrons. The van der Waals surface area contributed by atoms with Crippen molar-refractivity contribution in [3.63, 3.8) is 0 Å². The molecule has 0 saturated heterocycles. The molecule has 1 aromatic rings. The summed E-state index contributed by atoms with van der Waals surface area (Å²) in [6.07, 6.45) is 2.09. The molecule has 0 amide bonds. The van der Waals surface area contributed by atoms with Crippen LogP contribution in [-0.2, 0) is 16.2 Å². The average molecular weight is 233 g/mol. The lowest BCUT2D eigenvalue weighted by atomic mass is 10.1. The lowest BCUT2D eigenvalue weighted by molar-refractivity contribution is 0.0475. The highest BCUT2D eigenvalue weighted by Gasteiger charge is 2.23. The van der Waals surface area contributed by atoms with Gasteiger partial charge in [-0.3, -0.25) is 0 Å². The van der Waals surface area contributed by atoms with Gasteiger partial charge in [0.05, 0.1) is 6.26 Å². The monoisotopic (exact) mass is 233 g/mol. The molecule has 1 aliphatic rings. The van der Waals surface area contributed by atoms with E-state index in [9.17, 15) is 5.11 Å². The van der Waals surface area contributed by atoms with E-state index in [-0.39, 0.29) is 6.10 Å². The number of aliphatic hydroxyl groups is 1. The number of hydrogen-bond donors (Lipinski definition) is 1. The van der Waals surface area contributed by atoms with Gasteiger partial charge in [-0.05, 0) is 12.5 Å².